The molecular weight excluding hydrogens is 352 g/mol. The predicted octanol–water partition coefficient (Wildman–Crippen LogP) is 1.41. The number of carboxylic acids is 1. The standard InChI is InChI=1S/C16H11ClN2O4S/c17-10-3-1-2-9(6-10)13-5-4-11(23-13)7-12-15(22)19(8-14(20)21)16(24)18-12/h1-7H,8H2,(H,18,24)(H,20,21)/p-1/b12-7-. The first-order chi connectivity index (χ1) is 11.4. The first-order valence-corrected chi connectivity index (χ1v) is 7.63. The minimum absolute atomic E-state index is 0.0112. The van der Waals surface area contributed by atoms with Crippen molar-refractivity contribution in [1.82, 2.24) is 10.2 Å². The maximum Gasteiger partial charge on any atom is 0.277 e. The molecule has 1 aliphatic heterocycles. The lowest BCUT2D eigenvalue weighted by Crippen LogP contribution is -2.41. The van der Waals surface area contributed by atoms with Crippen molar-refractivity contribution < 1.29 is 19.1 Å². The van der Waals surface area contributed by atoms with Gasteiger partial charge in [0.2, 0.25) is 0 Å². The van der Waals surface area contributed by atoms with E-state index >= 15 is 0 Å². The Morgan fingerprint density at radius 2 is 2.17 bits per heavy atom. The van der Waals surface area contributed by atoms with Crippen LogP contribution in [0.2, 0.25) is 5.02 Å². The summed E-state index contributed by atoms with van der Waals surface area (Å²) in [5.41, 5.74) is 0.931. The molecule has 24 heavy (non-hydrogen) atoms. The molecule has 0 atom stereocenters. The van der Waals surface area contributed by atoms with Crippen LogP contribution in [0.5, 0.6) is 0 Å². The highest BCUT2D eigenvalue weighted by atomic mass is 35.5. The maximum atomic E-state index is 12.1. The zero-order valence-corrected chi connectivity index (χ0v) is 13.7. The zero-order valence-electron chi connectivity index (χ0n) is 12.1. The van der Waals surface area contributed by atoms with Crippen LogP contribution in [0.1, 0.15) is 5.76 Å². The van der Waals surface area contributed by atoms with Gasteiger partial charge in [0.1, 0.15) is 17.2 Å². The zero-order chi connectivity index (χ0) is 17.3. The molecular formula is C16H10ClN2O4S-. The Bertz CT molecular complexity index is 874. The normalized spacial score (nSPS) is 15.9. The van der Waals surface area contributed by atoms with Gasteiger partial charge in [-0.2, -0.15) is 0 Å². The molecule has 0 bridgehead atoms. The fourth-order valence-corrected chi connectivity index (χ4v) is 2.66. The van der Waals surface area contributed by atoms with Gasteiger partial charge in [-0.25, -0.2) is 0 Å². The van der Waals surface area contributed by atoms with Crippen LogP contribution in [0, 0.1) is 0 Å². The van der Waals surface area contributed by atoms with Gasteiger partial charge >= 0.3 is 0 Å². The number of carbonyl (C=O) groups is 2. The monoisotopic (exact) mass is 361 g/mol. The van der Waals surface area contributed by atoms with Crippen molar-refractivity contribution in [2.24, 2.45) is 0 Å². The highest BCUT2D eigenvalue weighted by Gasteiger charge is 2.30. The van der Waals surface area contributed by atoms with Crippen LogP contribution in [0.15, 0.2) is 46.5 Å². The van der Waals surface area contributed by atoms with Crippen LogP contribution in [-0.2, 0) is 9.59 Å². The molecule has 1 saturated heterocycles. The fraction of sp³-hybridized carbons (Fsp3) is 0.0625. The lowest BCUT2D eigenvalue weighted by molar-refractivity contribution is -0.305. The first kappa shape index (κ1) is 16.2. The summed E-state index contributed by atoms with van der Waals surface area (Å²) in [6.07, 6.45) is 1.46. The number of nitrogens with one attached hydrogen (secondary N) is 1. The minimum Gasteiger partial charge on any atom is -0.548 e. The van der Waals surface area contributed by atoms with Crippen LogP contribution >= 0.6 is 23.8 Å². The molecule has 6 nitrogen and oxygen atoms in total. The smallest absolute Gasteiger partial charge is 0.277 e. The number of carboxylic acid groups (broad SMARTS) is 1. The van der Waals surface area contributed by atoms with E-state index in [4.69, 9.17) is 28.2 Å². The molecule has 3 rings (SSSR count). The molecule has 0 radical (unpaired) electrons. The fourth-order valence-electron chi connectivity index (χ4n) is 2.21. The van der Waals surface area contributed by atoms with Gasteiger partial charge < -0.3 is 19.6 Å². The second-order valence-electron chi connectivity index (χ2n) is 4.96. The van der Waals surface area contributed by atoms with Crippen molar-refractivity contribution in [3.63, 3.8) is 0 Å². The second-order valence-corrected chi connectivity index (χ2v) is 5.79. The van der Waals surface area contributed by atoms with Gasteiger partial charge in [0.15, 0.2) is 5.11 Å². The Balaban J connectivity index is 1.84. The van der Waals surface area contributed by atoms with Gasteiger partial charge in [-0.1, -0.05) is 23.7 Å². The molecule has 0 spiro atoms. The molecule has 1 aromatic carbocycles. The third-order valence-corrected chi connectivity index (χ3v) is 3.83. The number of halogens is 1. The van der Waals surface area contributed by atoms with Crippen LogP contribution in [-0.4, -0.2) is 28.4 Å². The third-order valence-electron chi connectivity index (χ3n) is 3.27. The van der Waals surface area contributed by atoms with E-state index in [1.165, 1.54) is 6.08 Å². The van der Waals surface area contributed by atoms with Crippen LogP contribution in [0.25, 0.3) is 17.4 Å². The molecule has 1 N–H and O–H groups in total. The van der Waals surface area contributed by atoms with E-state index in [2.05, 4.69) is 5.32 Å². The van der Waals surface area contributed by atoms with Crippen molar-refractivity contribution in [2.75, 3.05) is 6.54 Å². The van der Waals surface area contributed by atoms with Crippen LogP contribution in [0.3, 0.4) is 0 Å². The van der Waals surface area contributed by atoms with Crippen molar-refractivity contribution in [1.29, 1.82) is 0 Å². The average Bonchev–Trinajstić information content (AvgIpc) is 3.08. The topological polar surface area (TPSA) is 85.6 Å². The number of furan rings is 1. The Morgan fingerprint density at radius 1 is 1.38 bits per heavy atom. The molecule has 122 valence electrons. The SMILES string of the molecule is O=C([O-])CN1C(=O)/C(=C/c2ccc(-c3cccc(Cl)c3)o2)NC1=S. The summed E-state index contributed by atoms with van der Waals surface area (Å²) in [7, 11) is 0. The molecule has 1 aromatic heterocycles. The quantitative estimate of drug-likeness (QED) is 0.654. The maximum absolute atomic E-state index is 12.1. The number of benzene rings is 1. The Kier molecular flexibility index (Phi) is 4.37. The number of thiocarbonyl (C=S) groups is 1. The van der Waals surface area contributed by atoms with Crippen molar-refractivity contribution in [3.8, 4) is 11.3 Å². The van der Waals surface area contributed by atoms with Gasteiger partial charge in [0.05, 0.1) is 12.5 Å². The summed E-state index contributed by atoms with van der Waals surface area (Å²) < 4.78 is 5.67. The van der Waals surface area contributed by atoms with Gasteiger partial charge in [-0.15, -0.1) is 0 Å². The highest BCUT2D eigenvalue weighted by Crippen LogP contribution is 2.26. The van der Waals surface area contributed by atoms with Crippen molar-refractivity contribution >= 4 is 46.9 Å². The summed E-state index contributed by atoms with van der Waals surface area (Å²) in [5, 5.41) is 13.9. The molecule has 2 aromatic rings. The molecule has 0 saturated carbocycles. The lowest BCUT2D eigenvalue weighted by Gasteiger charge is -2.13. The second kappa shape index (κ2) is 6.46. The largest absolute Gasteiger partial charge is 0.548 e. The number of carbonyl (C=O) groups excluding carboxylic acids is 2. The predicted molar refractivity (Wildman–Crippen MR) is 89.6 cm³/mol. The molecule has 1 aliphatic rings. The number of aliphatic carboxylic acids is 1. The van der Waals surface area contributed by atoms with E-state index in [9.17, 15) is 14.7 Å². The summed E-state index contributed by atoms with van der Waals surface area (Å²) >= 11 is 10.9. The van der Waals surface area contributed by atoms with E-state index in [1.807, 2.05) is 6.07 Å². The Morgan fingerprint density at radius 3 is 2.88 bits per heavy atom. The molecule has 0 aliphatic carbocycles. The van der Waals surface area contributed by atoms with E-state index in [0.29, 0.717) is 16.5 Å². The molecule has 1 amide bonds. The summed E-state index contributed by atoms with van der Waals surface area (Å²) in [6.45, 7) is -0.603. The van der Waals surface area contributed by atoms with E-state index < -0.39 is 18.4 Å². The number of rotatable bonds is 4. The summed E-state index contributed by atoms with van der Waals surface area (Å²) in [4.78, 5) is 23.7. The molecule has 2 heterocycles. The Labute approximate surface area is 147 Å². The van der Waals surface area contributed by atoms with E-state index in [0.717, 1.165) is 10.5 Å². The van der Waals surface area contributed by atoms with Gasteiger partial charge in [-0.05, 0) is 36.5 Å². The van der Waals surface area contributed by atoms with Gasteiger partial charge in [0, 0.05) is 16.7 Å². The lowest BCUT2D eigenvalue weighted by atomic mass is 10.2. The van der Waals surface area contributed by atoms with Gasteiger partial charge in [0.25, 0.3) is 5.91 Å². The number of amides is 1. The van der Waals surface area contributed by atoms with E-state index in [-0.39, 0.29) is 10.8 Å². The average molecular weight is 362 g/mol. The Hall–Kier alpha value is -2.64. The van der Waals surface area contributed by atoms with E-state index in [1.54, 1.807) is 30.3 Å². The highest BCUT2D eigenvalue weighted by molar-refractivity contribution is 7.80. The van der Waals surface area contributed by atoms with Crippen LogP contribution in [0.4, 0.5) is 0 Å². The van der Waals surface area contributed by atoms with Crippen molar-refractivity contribution in [2.45, 2.75) is 0 Å². The number of hydrogen-bond acceptors (Lipinski definition) is 5. The summed E-state index contributed by atoms with van der Waals surface area (Å²) in [6, 6.07) is 10.6. The van der Waals surface area contributed by atoms with Crippen LogP contribution < -0.4 is 10.4 Å². The first-order valence-electron chi connectivity index (χ1n) is 6.84. The number of hydrogen-bond donors (Lipinski definition) is 1. The summed E-state index contributed by atoms with van der Waals surface area (Å²) in [5.74, 6) is -0.942. The number of nitrogens with zero attached hydrogens (tertiary/aromatic N) is 1. The molecule has 8 heteroatoms. The molecule has 1 fully saturated rings. The van der Waals surface area contributed by atoms with Gasteiger partial charge in [-0.3, -0.25) is 9.69 Å². The van der Waals surface area contributed by atoms with Crippen molar-refractivity contribution in [3.05, 3.63) is 52.9 Å². The molecule has 0 unspecified atom stereocenters. The third kappa shape index (κ3) is 3.32. The minimum atomic E-state index is -1.39.